The van der Waals surface area contributed by atoms with Crippen molar-refractivity contribution in [2.75, 3.05) is 0 Å². The van der Waals surface area contributed by atoms with Crippen molar-refractivity contribution >= 4 is 5.91 Å². The molecule has 20 heavy (non-hydrogen) atoms. The van der Waals surface area contributed by atoms with Gasteiger partial charge in [-0.2, -0.15) is 13.2 Å². The Hall–Kier alpha value is -1.52. The van der Waals surface area contributed by atoms with E-state index in [0.29, 0.717) is 5.56 Å². The molecular weight excluding hydrogens is 267 g/mol. The summed E-state index contributed by atoms with van der Waals surface area (Å²) in [4.78, 5) is 12.0. The predicted octanol–water partition coefficient (Wildman–Crippen LogP) is 4.07. The normalized spacial score (nSPS) is 18.0. The summed E-state index contributed by atoms with van der Waals surface area (Å²) in [7, 11) is 0. The lowest BCUT2D eigenvalue weighted by Crippen LogP contribution is -2.31. The summed E-state index contributed by atoms with van der Waals surface area (Å²) in [6.07, 6.45) is -0.356. The van der Waals surface area contributed by atoms with E-state index in [2.05, 4.69) is 5.32 Å². The zero-order chi connectivity index (χ0) is 14.8. The quantitative estimate of drug-likeness (QED) is 0.891. The summed E-state index contributed by atoms with van der Waals surface area (Å²) in [5.74, 6) is 0.0711. The van der Waals surface area contributed by atoms with Gasteiger partial charge in [-0.1, -0.05) is 25.0 Å². The highest BCUT2D eigenvalue weighted by molar-refractivity contribution is 5.79. The van der Waals surface area contributed by atoms with Crippen LogP contribution < -0.4 is 5.32 Å². The van der Waals surface area contributed by atoms with Gasteiger partial charge in [-0.05, 0) is 37.5 Å². The summed E-state index contributed by atoms with van der Waals surface area (Å²) in [5.41, 5.74) is 0.0138. The van der Waals surface area contributed by atoms with Crippen LogP contribution in [0.4, 0.5) is 13.2 Å². The minimum absolute atomic E-state index is 0.00916. The van der Waals surface area contributed by atoms with E-state index >= 15 is 0 Å². The molecule has 1 amide bonds. The van der Waals surface area contributed by atoms with E-state index in [0.717, 1.165) is 37.8 Å². The molecule has 1 aromatic rings. The number of carbonyl (C=O) groups excluding carboxylic acids is 1. The Morgan fingerprint density at radius 1 is 1.20 bits per heavy atom. The first-order valence-corrected chi connectivity index (χ1v) is 6.85. The Kier molecular flexibility index (Phi) is 4.35. The molecule has 1 aliphatic carbocycles. The van der Waals surface area contributed by atoms with E-state index in [-0.39, 0.29) is 17.9 Å². The average molecular weight is 285 g/mol. The molecule has 1 aliphatic rings. The lowest BCUT2D eigenvalue weighted by molar-refractivity contribution is -0.137. The Labute approximate surface area is 116 Å². The third-order valence-corrected chi connectivity index (χ3v) is 3.82. The van der Waals surface area contributed by atoms with Crippen LogP contribution in [0.25, 0.3) is 0 Å². The van der Waals surface area contributed by atoms with Crippen molar-refractivity contribution < 1.29 is 18.0 Å². The van der Waals surface area contributed by atoms with Crippen molar-refractivity contribution in [2.45, 2.75) is 44.8 Å². The second-order valence-corrected chi connectivity index (χ2v) is 5.33. The Balaban J connectivity index is 1.98. The van der Waals surface area contributed by atoms with Crippen LogP contribution in [0.2, 0.25) is 0 Å². The molecule has 0 spiro atoms. The summed E-state index contributed by atoms with van der Waals surface area (Å²) in [6.45, 7) is 1.79. The number of hydrogen-bond donors (Lipinski definition) is 1. The molecule has 0 heterocycles. The summed E-state index contributed by atoms with van der Waals surface area (Å²) >= 11 is 0. The van der Waals surface area contributed by atoms with E-state index in [1.165, 1.54) is 12.1 Å². The molecule has 1 atom stereocenters. The molecule has 1 N–H and O–H groups in total. The van der Waals surface area contributed by atoms with Crippen molar-refractivity contribution in [3.05, 3.63) is 35.4 Å². The van der Waals surface area contributed by atoms with Crippen LogP contribution in [0.1, 0.15) is 49.8 Å². The molecule has 0 aliphatic heterocycles. The third-order valence-electron chi connectivity index (χ3n) is 3.82. The van der Waals surface area contributed by atoms with Gasteiger partial charge in [0.2, 0.25) is 5.91 Å². The van der Waals surface area contributed by atoms with Gasteiger partial charge in [0.25, 0.3) is 0 Å². The van der Waals surface area contributed by atoms with Gasteiger partial charge in [0.15, 0.2) is 0 Å². The number of halogens is 3. The number of carbonyl (C=O) groups is 1. The molecule has 0 saturated heterocycles. The fraction of sp³-hybridized carbons (Fsp3) is 0.533. The van der Waals surface area contributed by atoms with E-state index in [9.17, 15) is 18.0 Å². The van der Waals surface area contributed by atoms with Crippen molar-refractivity contribution in [3.8, 4) is 0 Å². The van der Waals surface area contributed by atoms with Gasteiger partial charge in [-0.15, -0.1) is 0 Å². The van der Waals surface area contributed by atoms with Crippen LogP contribution in [-0.4, -0.2) is 5.91 Å². The van der Waals surface area contributed by atoms with Gasteiger partial charge in [0.1, 0.15) is 0 Å². The zero-order valence-corrected chi connectivity index (χ0v) is 11.3. The number of hydrogen-bond acceptors (Lipinski definition) is 1. The molecule has 0 unspecified atom stereocenters. The molecule has 0 bridgehead atoms. The summed E-state index contributed by atoms with van der Waals surface area (Å²) in [6, 6.07) is 4.66. The second kappa shape index (κ2) is 5.85. The smallest absolute Gasteiger partial charge is 0.349 e. The molecule has 1 aromatic carbocycles. The first kappa shape index (κ1) is 14.9. The van der Waals surface area contributed by atoms with E-state index in [4.69, 9.17) is 0 Å². The molecular formula is C15H18F3NO. The first-order valence-electron chi connectivity index (χ1n) is 6.85. The van der Waals surface area contributed by atoms with E-state index in [1.54, 1.807) is 6.92 Å². The largest absolute Gasteiger partial charge is 0.416 e. The summed E-state index contributed by atoms with van der Waals surface area (Å²) < 4.78 is 37.4. The molecule has 1 fully saturated rings. The van der Waals surface area contributed by atoms with E-state index in [1.807, 2.05) is 0 Å². The highest BCUT2D eigenvalue weighted by Crippen LogP contribution is 2.30. The van der Waals surface area contributed by atoms with Gasteiger partial charge < -0.3 is 5.32 Å². The minimum atomic E-state index is -4.32. The van der Waals surface area contributed by atoms with Crippen molar-refractivity contribution in [2.24, 2.45) is 5.92 Å². The molecule has 0 aromatic heterocycles. The lowest BCUT2D eigenvalue weighted by atomic mass is 10.0. The van der Waals surface area contributed by atoms with E-state index < -0.39 is 11.7 Å². The van der Waals surface area contributed by atoms with Crippen molar-refractivity contribution in [1.82, 2.24) is 5.32 Å². The molecule has 110 valence electrons. The Morgan fingerprint density at radius 2 is 1.75 bits per heavy atom. The molecule has 2 rings (SSSR count). The maximum atomic E-state index is 12.5. The van der Waals surface area contributed by atoms with Crippen molar-refractivity contribution in [1.29, 1.82) is 0 Å². The van der Waals surface area contributed by atoms with Gasteiger partial charge >= 0.3 is 6.18 Å². The number of amides is 1. The molecule has 2 nitrogen and oxygen atoms in total. The van der Waals surface area contributed by atoms with Crippen molar-refractivity contribution in [3.63, 3.8) is 0 Å². The average Bonchev–Trinajstić information content (AvgIpc) is 2.91. The van der Waals surface area contributed by atoms with Gasteiger partial charge in [-0.3, -0.25) is 4.79 Å². The number of nitrogens with one attached hydrogen (secondary N) is 1. The fourth-order valence-electron chi connectivity index (χ4n) is 2.56. The summed E-state index contributed by atoms with van der Waals surface area (Å²) in [5, 5.41) is 2.88. The number of rotatable bonds is 3. The molecule has 5 heteroatoms. The zero-order valence-electron chi connectivity index (χ0n) is 11.3. The SMILES string of the molecule is C[C@H](NC(=O)C1CCCC1)c1ccc(C(F)(F)F)cc1. The maximum Gasteiger partial charge on any atom is 0.416 e. The molecule has 1 saturated carbocycles. The number of benzene rings is 1. The molecule has 0 radical (unpaired) electrons. The standard InChI is InChI=1S/C15H18F3NO/c1-10(19-14(20)12-4-2-3-5-12)11-6-8-13(9-7-11)15(16,17)18/h6-10,12H,2-5H2,1H3,(H,19,20)/t10-/m0/s1. The van der Waals surface area contributed by atoms with Crippen LogP contribution in [0.15, 0.2) is 24.3 Å². The third kappa shape index (κ3) is 3.52. The topological polar surface area (TPSA) is 29.1 Å². The van der Waals surface area contributed by atoms with Crippen LogP contribution in [0.3, 0.4) is 0 Å². The van der Waals surface area contributed by atoms with Crippen LogP contribution >= 0.6 is 0 Å². The van der Waals surface area contributed by atoms with Gasteiger partial charge in [0.05, 0.1) is 11.6 Å². The first-order chi connectivity index (χ1) is 9.38. The Bertz CT molecular complexity index is 461. The van der Waals surface area contributed by atoms with Crippen LogP contribution in [-0.2, 0) is 11.0 Å². The minimum Gasteiger partial charge on any atom is -0.349 e. The monoisotopic (exact) mass is 285 g/mol. The Morgan fingerprint density at radius 3 is 2.25 bits per heavy atom. The van der Waals surface area contributed by atoms with Crippen LogP contribution in [0.5, 0.6) is 0 Å². The lowest BCUT2D eigenvalue weighted by Gasteiger charge is -2.18. The maximum absolute atomic E-state index is 12.5. The highest BCUT2D eigenvalue weighted by atomic mass is 19.4. The number of alkyl halides is 3. The van der Waals surface area contributed by atoms with Gasteiger partial charge in [0, 0.05) is 5.92 Å². The predicted molar refractivity (Wildman–Crippen MR) is 70.0 cm³/mol. The van der Waals surface area contributed by atoms with Gasteiger partial charge in [-0.25, -0.2) is 0 Å². The second-order valence-electron chi connectivity index (χ2n) is 5.33. The highest BCUT2D eigenvalue weighted by Gasteiger charge is 2.30. The van der Waals surface area contributed by atoms with Crippen LogP contribution in [0, 0.1) is 5.92 Å². The fourth-order valence-corrected chi connectivity index (χ4v) is 2.56.